The summed E-state index contributed by atoms with van der Waals surface area (Å²) < 4.78 is 0. The third kappa shape index (κ3) is 2.72. The van der Waals surface area contributed by atoms with Crippen molar-refractivity contribution in [2.75, 3.05) is 17.6 Å². The summed E-state index contributed by atoms with van der Waals surface area (Å²) in [5.74, 6) is 0. The minimum absolute atomic E-state index is 0.786. The summed E-state index contributed by atoms with van der Waals surface area (Å²) in [6.07, 6.45) is 2.79. The Balaban J connectivity index is 1.69. The van der Waals surface area contributed by atoms with Crippen molar-refractivity contribution in [3.63, 3.8) is 0 Å². The third-order valence-corrected chi connectivity index (χ3v) is 3.35. The number of nitrogens with one attached hydrogen (secondary N) is 1. The zero-order valence-corrected chi connectivity index (χ0v) is 11.2. The molecule has 0 saturated carbocycles. The lowest BCUT2D eigenvalue weighted by atomic mass is 10.1. The number of nitrogens with zero attached hydrogens (tertiary/aromatic N) is 1. The summed E-state index contributed by atoms with van der Waals surface area (Å²) in [6, 6.07) is 18.2. The second kappa shape index (κ2) is 5.61. The van der Waals surface area contributed by atoms with Gasteiger partial charge in [-0.15, -0.1) is 0 Å². The highest BCUT2D eigenvalue weighted by Crippen LogP contribution is 2.17. The Morgan fingerprint density at radius 1 is 0.950 bits per heavy atom. The van der Waals surface area contributed by atoms with Crippen molar-refractivity contribution in [2.45, 2.75) is 6.42 Å². The van der Waals surface area contributed by atoms with Gasteiger partial charge in [0.25, 0.3) is 0 Å². The fourth-order valence-electron chi connectivity index (χ4n) is 2.31. The highest BCUT2D eigenvalue weighted by atomic mass is 14.9. The number of fused-ring (bicyclic) bond motifs is 1. The van der Waals surface area contributed by atoms with Crippen LogP contribution >= 0.6 is 0 Å². The van der Waals surface area contributed by atoms with Crippen LogP contribution in [0, 0.1) is 0 Å². The van der Waals surface area contributed by atoms with Gasteiger partial charge in [-0.3, -0.25) is 4.98 Å². The minimum Gasteiger partial charge on any atom is -0.399 e. The average molecular weight is 263 g/mol. The number of pyridine rings is 1. The van der Waals surface area contributed by atoms with Gasteiger partial charge in [-0.1, -0.05) is 24.3 Å². The molecule has 3 heteroatoms. The van der Waals surface area contributed by atoms with Gasteiger partial charge < -0.3 is 11.1 Å². The number of rotatable bonds is 4. The molecule has 0 aliphatic rings. The van der Waals surface area contributed by atoms with Crippen molar-refractivity contribution in [1.29, 1.82) is 0 Å². The van der Waals surface area contributed by atoms with Gasteiger partial charge in [-0.05, 0) is 42.3 Å². The quantitative estimate of drug-likeness (QED) is 0.709. The number of para-hydroxylation sites is 1. The number of nitrogen functional groups attached to an aromatic ring is 1. The molecule has 0 saturated heterocycles. The van der Waals surface area contributed by atoms with Gasteiger partial charge in [0.15, 0.2) is 0 Å². The molecule has 0 radical (unpaired) electrons. The van der Waals surface area contributed by atoms with E-state index in [0.717, 1.165) is 29.9 Å². The first-order chi connectivity index (χ1) is 9.83. The Hall–Kier alpha value is -2.55. The zero-order chi connectivity index (χ0) is 13.8. The van der Waals surface area contributed by atoms with Crippen LogP contribution in [0.4, 0.5) is 11.4 Å². The van der Waals surface area contributed by atoms with E-state index in [9.17, 15) is 0 Å². The normalized spacial score (nSPS) is 10.6. The standard InChI is InChI=1S/C17H17N3/c18-15-6-8-16(9-7-15)19-12-10-14-4-1-3-13-5-2-11-20-17(13)14/h1-9,11,19H,10,12,18H2. The van der Waals surface area contributed by atoms with E-state index in [0.29, 0.717) is 0 Å². The van der Waals surface area contributed by atoms with Crippen LogP contribution in [0.25, 0.3) is 10.9 Å². The first kappa shape index (κ1) is 12.5. The molecule has 2 aromatic carbocycles. The highest BCUT2D eigenvalue weighted by Gasteiger charge is 2.01. The molecule has 0 spiro atoms. The summed E-state index contributed by atoms with van der Waals surface area (Å²) in [5, 5.41) is 4.59. The summed E-state index contributed by atoms with van der Waals surface area (Å²) in [7, 11) is 0. The van der Waals surface area contributed by atoms with Crippen LogP contribution in [0.15, 0.2) is 60.8 Å². The third-order valence-electron chi connectivity index (χ3n) is 3.35. The smallest absolute Gasteiger partial charge is 0.0734 e. The maximum Gasteiger partial charge on any atom is 0.0734 e. The lowest BCUT2D eigenvalue weighted by Gasteiger charge is -2.08. The molecule has 3 aromatic rings. The van der Waals surface area contributed by atoms with E-state index in [1.807, 2.05) is 36.5 Å². The monoisotopic (exact) mass is 263 g/mol. The molecular weight excluding hydrogens is 246 g/mol. The van der Waals surface area contributed by atoms with E-state index in [4.69, 9.17) is 5.73 Å². The average Bonchev–Trinajstić information content (AvgIpc) is 2.49. The molecular formula is C17H17N3. The summed E-state index contributed by atoms with van der Waals surface area (Å²) >= 11 is 0. The largest absolute Gasteiger partial charge is 0.399 e. The van der Waals surface area contributed by atoms with Crippen molar-refractivity contribution >= 4 is 22.3 Å². The molecule has 0 atom stereocenters. The lowest BCUT2D eigenvalue weighted by Crippen LogP contribution is -2.05. The van der Waals surface area contributed by atoms with Gasteiger partial charge in [0.1, 0.15) is 0 Å². The SMILES string of the molecule is Nc1ccc(NCCc2cccc3cccnc23)cc1. The molecule has 3 N–H and O–H groups in total. The molecule has 0 bridgehead atoms. The predicted octanol–water partition coefficient (Wildman–Crippen LogP) is 3.47. The van der Waals surface area contributed by atoms with Crippen LogP contribution in [0.5, 0.6) is 0 Å². The van der Waals surface area contributed by atoms with Crippen LogP contribution in [-0.4, -0.2) is 11.5 Å². The van der Waals surface area contributed by atoms with E-state index < -0.39 is 0 Å². The zero-order valence-electron chi connectivity index (χ0n) is 11.2. The Morgan fingerprint density at radius 3 is 2.60 bits per heavy atom. The molecule has 3 rings (SSSR count). The fraction of sp³-hybridized carbons (Fsp3) is 0.118. The molecule has 1 aromatic heterocycles. The number of benzene rings is 2. The van der Waals surface area contributed by atoms with Crippen LogP contribution in [-0.2, 0) is 6.42 Å². The van der Waals surface area contributed by atoms with Crippen LogP contribution in [0.3, 0.4) is 0 Å². The van der Waals surface area contributed by atoms with Crippen molar-refractivity contribution in [2.24, 2.45) is 0 Å². The van der Waals surface area contributed by atoms with E-state index in [-0.39, 0.29) is 0 Å². The van der Waals surface area contributed by atoms with Gasteiger partial charge in [0.2, 0.25) is 0 Å². The van der Waals surface area contributed by atoms with Crippen LogP contribution in [0.1, 0.15) is 5.56 Å². The summed E-state index contributed by atoms with van der Waals surface area (Å²) in [6.45, 7) is 0.875. The second-order valence-corrected chi connectivity index (χ2v) is 4.79. The molecule has 100 valence electrons. The van der Waals surface area contributed by atoms with Crippen molar-refractivity contribution in [1.82, 2.24) is 4.98 Å². The Bertz CT molecular complexity index is 700. The van der Waals surface area contributed by atoms with Gasteiger partial charge in [0.05, 0.1) is 5.52 Å². The number of nitrogens with two attached hydrogens (primary N) is 1. The topological polar surface area (TPSA) is 50.9 Å². The van der Waals surface area contributed by atoms with E-state index in [2.05, 4.69) is 34.6 Å². The van der Waals surface area contributed by atoms with Crippen molar-refractivity contribution in [3.8, 4) is 0 Å². The van der Waals surface area contributed by atoms with Gasteiger partial charge >= 0.3 is 0 Å². The predicted molar refractivity (Wildman–Crippen MR) is 84.8 cm³/mol. The molecule has 0 aliphatic carbocycles. The summed E-state index contributed by atoms with van der Waals surface area (Å²) in [4.78, 5) is 4.47. The lowest BCUT2D eigenvalue weighted by molar-refractivity contribution is 1.02. The van der Waals surface area contributed by atoms with E-state index in [1.165, 1.54) is 10.9 Å². The Morgan fingerprint density at radius 2 is 1.75 bits per heavy atom. The van der Waals surface area contributed by atoms with Crippen molar-refractivity contribution < 1.29 is 0 Å². The Labute approximate surface area is 118 Å². The first-order valence-corrected chi connectivity index (χ1v) is 6.75. The second-order valence-electron chi connectivity index (χ2n) is 4.79. The number of anilines is 2. The summed E-state index contributed by atoms with van der Waals surface area (Å²) in [5.41, 5.74) is 9.91. The molecule has 0 aliphatic heterocycles. The number of hydrogen-bond donors (Lipinski definition) is 2. The van der Waals surface area contributed by atoms with Gasteiger partial charge in [-0.2, -0.15) is 0 Å². The van der Waals surface area contributed by atoms with Crippen molar-refractivity contribution in [3.05, 3.63) is 66.4 Å². The molecule has 3 nitrogen and oxygen atoms in total. The van der Waals surface area contributed by atoms with E-state index >= 15 is 0 Å². The maximum absolute atomic E-state index is 5.67. The fourth-order valence-corrected chi connectivity index (χ4v) is 2.31. The minimum atomic E-state index is 0.786. The van der Waals surface area contributed by atoms with Crippen LogP contribution < -0.4 is 11.1 Å². The molecule has 20 heavy (non-hydrogen) atoms. The number of hydrogen-bond acceptors (Lipinski definition) is 3. The van der Waals surface area contributed by atoms with Gasteiger partial charge in [-0.25, -0.2) is 0 Å². The first-order valence-electron chi connectivity index (χ1n) is 6.75. The molecule has 0 fully saturated rings. The van der Waals surface area contributed by atoms with Crippen LogP contribution in [0.2, 0.25) is 0 Å². The van der Waals surface area contributed by atoms with Gasteiger partial charge in [0, 0.05) is 29.5 Å². The molecule has 0 unspecified atom stereocenters. The Kier molecular flexibility index (Phi) is 3.50. The maximum atomic E-state index is 5.67. The number of aromatic nitrogens is 1. The molecule has 1 heterocycles. The van der Waals surface area contributed by atoms with E-state index in [1.54, 1.807) is 0 Å². The molecule has 0 amide bonds. The highest BCUT2D eigenvalue weighted by molar-refractivity contribution is 5.81.